The smallest absolute Gasteiger partial charge is 0.265 e. The summed E-state index contributed by atoms with van der Waals surface area (Å²) in [7, 11) is -3.99. The highest BCUT2D eigenvalue weighted by Gasteiger charge is 2.21. The Morgan fingerprint density at radius 3 is 2.58 bits per heavy atom. The fourth-order valence-electron chi connectivity index (χ4n) is 2.07. The molecule has 7 nitrogen and oxygen atoms in total. The van der Waals surface area contributed by atoms with Gasteiger partial charge in [-0.15, -0.1) is 0 Å². The first-order valence-electron chi connectivity index (χ1n) is 6.74. The minimum atomic E-state index is -3.99. The molecule has 0 fully saturated rings. The fourth-order valence-corrected chi connectivity index (χ4v) is 3.31. The number of carbonyl (C=O) groups is 2. The lowest BCUT2D eigenvalue weighted by Crippen LogP contribution is -2.31. The monoisotopic (exact) mass is 410 g/mol. The number of nitrogens with one attached hydrogen (secondary N) is 2. The predicted octanol–water partition coefficient (Wildman–Crippen LogP) is 1.90. The summed E-state index contributed by atoms with van der Waals surface area (Å²) in [5, 5.41) is 2.59. The molecule has 24 heavy (non-hydrogen) atoms. The van der Waals surface area contributed by atoms with Crippen molar-refractivity contribution in [3.8, 4) is 5.75 Å². The van der Waals surface area contributed by atoms with E-state index in [1.54, 1.807) is 12.1 Å². The molecule has 0 bridgehead atoms. The molecule has 3 rings (SSSR count). The maximum Gasteiger partial charge on any atom is 0.265 e. The number of hydrogen-bond donors (Lipinski definition) is 2. The zero-order chi connectivity index (χ0) is 17.3. The number of halogens is 1. The van der Waals surface area contributed by atoms with Gasteiger partial charge in [0, 0.05) is 10.0 Å². The molecule has 0 radical (unpaired) electrons. The molecule has 1 aliphatic rings. The van der Waals surface area contributed by atoms with Crippen molar-refractivity contribution in [2.24, 2.45) is 0 Å². The quantitative estimate of drug-likeness (QED) is 0.804. The molecule has 2 aromatic carbocycles. The van der Waals surface area contributed by atoms with Crippen LogP contribution in [0.2, 0.25) is 0 Å². The van der Waals surface area contributed by atoms with Crippen LogP contribution in [0.5, 0.6) is 5.75 Å². The molecular formula is C15H11BrN2O5S. The molecule has 0 saturated heterocycles. The van der Waals surface area contributed by atoms with Crippen molar-refractivity contribution in [3.05, 3.63) is 52.5 Å². The number of carbonyl (C=O) groups excluding carboxylic acids is 2. The Balaban J connectivity index is 1.82. The summed E-state index contributed by atoms with van der Waals surface area (Å²) in [4.78, 5) is 23.4. The number of rotatable bonds is 3. The Bertz CT molecular complexity index is 925. The van der Waals surface area contributed by atoms with Gasteiger partial charge in [-0.3, -0.25) is 9.59 Å². The average molecular weight is 411 g/mol. The standard InChI is InChI=1S/C15H11BrN2O5S/c16-10-2-4-11(5-3-10)24(21,22)18-15(20)9-1-6-12-13(7-9)23-8-14(19)17-12/h1-7H,8H2,(H,17,19)(H,18,20). The molecule has 0 unspecified atom stereocenters. The summed E-state index contributed by atoms with van der Waals surface area (Å²) in [5.41, 5.74) is 0.532. The molecule has 2 aromatic rings. The number of anilines is 1. The summed E-state index contributed by atoms with van der Waals surface area (Å²) in [6.07, 6.45) is 0. The Hall–Kier alpha value is -2.39. The van der Waals surface area contributed by atoms with Gasteiger partial charge in [0.05, 0.1) is 10.6 Å². The topological polar surface area (TPSA) is 102 Å². The highest BCUT2D eigenvalue weighted by atomic mass is 79.9. The Kier molecular flexibility index (Phi) is 4.29. The van der Waals surface area contributed by atoms with E-state index in [-0.39, 0.29) is 23.0 Å². The molecule has 2 amide bonds. The van der Waals surface area contributed by atoms with E-state index in [0.717, 1.165) is 4.47 Å². The number of sulfonamides is 1. The first-order valence-corrected chi connectivity index (χ1v) is 9.02. The van der Waals surface area contributed by atoms with Gasteiger partial charge in [0.25, 0.3) is 21.8 Å². The molecule has 0 atom stereocenters. The van der Waals surface area contributed by atoms with Crippen molar-refractivity contribution < 1.29 is 22.7 Å². The summed E-state index contributed by atoms with van der Waals surface area (Å²) < 4.78 is 32.4. The van der Waals surface area contributed by atoms with Crippen LogP contribution in [0.4, 0.5) is 5.69 Å². The number of fused-ring (bicyclic) bond motifs is 1. The van der Waals surface area contributed by atoms with Crippen LogP contribution in [-0.2, 0) is 14.8 Å². The first-order chi connectivity index (χ1) is 11.3. The van der Waals surface area contributed by atoms with Crippen molar-refractivity contribution in [1.29, 1.82) is 0 Å². The van der Waals surface area contributed by atoms with Crippen LogP contribution in [0.3, 0.4) is 0 Å². The van der Waals surface area contributed by atoms with Crippen molar-refractivity contribution in [3.63, 3.8) is 0 Å². The highest BCUT2D eigenvalue weighted by Crippen LogP contribution is 2.28. The summed E-state index contributed by atoms with van der Waals surface area (Å²) in [6.45, 7) is -0.157. The van der Waals surface area contributed by atoms with E-state index in [4.69, 9.17) is 4.74 Å². The Morgan fingerprint density at radius 2 is 1.88 bits per heavy atom. The predicted molar refractivity (Wildman–Crippen MR) is 89.4 cm³/mol. The van der Waals surface area contributed by atoms with Crippen LogP contribution in [-0.4, -0.2) is 26.8 Å². The lowest BCUT2D eigenvalue weighted by molar-refractivity contribution is -0.118. The molecule has 0 aromatic heterocycles. The van der Waals surface area contributed by atoms with E-state index in [1.165, 1.54) is 30.3 Å². The molecule has 0 aliphatic carbocycles. The van der Waals surface area contributed by atoms with Crippen molar-refractivity contribution in [2.75, 3.05) is 11.9 Å². The first kappa shape index (κ1) is 16.5. The molecule has 1 heterocycles. The van der Waals surface area contributed by atoms with E-state index < -0.39 is 15.9 Å². The summed E-state index contributed by atoms with van der Waals surface area (Å²) >= 11 is 3.21. The van der Waals surface area contributed by atoms with E-state index in [2.05, 4.69) is 21.2 Å². The highest BCUT2D eigenvalue weighted by molar-refractivity contribution is 9.10. The van der Waals surface area contributed by atoms with Crippen LogP contribution in [0.15, 0.2) is 51.8 Å². The minimum absolute atomic E-state index is 0.0273. The van der Waals surface area contributed by atoms with Gasteiger partial charge < -0.3 is 10.1 Å². The van der Waals surface area contributed by atoms with Gasteiger partial charge in [-0.1, -0.05) is 15.9 Å². The van der Waals surface area contributed by atoms with Gasteiger partial charge in [0.2, 0.25) is 0 Å². The fraction of sp³-hybridized carbons (Fsp3) is 0.0667. The minimum Gasteiger partial charge on any atom is -0.482 e. The van der Waals surface area contributed by atoms with Gasteiger partial charge in [-0.05, 0) is 42.5 Å². The lowest BCUT2D eigenvalue weighted by Gasteiger charge is -2.18. The van der Waals surface area contributed by atoms with E-state index >= 15 is 0 Å². The van der Waals surface area contributed by atoms with E-state index in [0.29, 0.717) is 11.4 Å². The van der Waals surface area contributed by atoms with Crippen LogP contribution >= 0.6 is 15.9 Å². The molecular weight excluding hydrogens is 400 g/mol. The van der Waals surface area contributed by atoms with E-state index in [9.17, 15) is 18.0 Å². The average Bonchev–Trinajstić information content (AvgIpc) is 2.54. The zero-order valence-electron chi connectivity index (χ0n) is 12.1. The zero-order valence-corrected chi connectivity index (χ0v) is 14.5. The van der Waals surface area contributed by atoms with Crippen molar-refractivity contribution >= 4 is 43.5 Å². The van der Waals surface area contributed by atoms with Gasteiger partial charge in [-0.25, -0.2) is 13.1 Å². The second-order valence-electron chi connectivity index (χ2n) is 4.94. The van der Waals surface area contributed by atoms with Crippen molar-refractivity contribution in [1.82, 2.24) is 4.72 Å². The molecule has 9 heteroatoms. The molecule has 0 saturated carbocycles. The number of amides is 2. The molecule has 124 valence electrons. The van der Waals surface area contributed by atoms with Crippen LogP contribution in [0.25, 0.3) is 0 Å². The second-order valence-corrected chi connectivity index (χ2v) is 7.53. The van der Waals surface area contributed by atoms with Gasteiger partial charge in [-0.2, -0.15) is 0 Å². The Labute approximate surface area is 146 Å². The normalized spacial score (nSPS) is 13.5. The molecule has 1 aliphatic heterocycles. The number of ether oxygens (including phenoxy) is 1. The van der Waals surface area contributed by atoms with Gasteiger partial charge in [0.1, 0.15) is 5.75 Å². The van der Waals surface area contributed by atoms with E-state index in [1.807, 2.05) is 4.72 Å². The summed E-state index contributed by atoms with van der Waals surface area (Å²) in [6, 6.07) is 10.1. The second kappa shape index (κ2) is 6.25. The number of benzene rings is 2. The third-order valence-corrected chi connectivity index (χ3v) is 5.10. The maximum atomic E-state index is 12.2. The van der Waals surface area contributed by atoms with Gasteiger partial charge >= 0.3 is 0 Å². The Morgan fingerprint density at radius 1 is 1.17 bits per heavy atom. The summed E-state index contributed by atoms with van der Waals surface area (Å²) in [5.74, 6) is -0.776. The number of hydrogen-bond acceptors (Lipinski definition) is 5. The molecule has 2 N–H and O–H groups in total. The van der Waals surface area contributed by atoms with Crippen LogP contribution < -0.4 is 14.8 Å². The maximum absolute atomic E-state index is 12.2. The SMILES string of the molecule is O=C1COc2cc(C(=O)NS(=O)(=O)c3ccc(Br)cc3)ccc2N1. The van der Waals surface area contributed by atoms with Gasteiger partial charge in [0.15, 0.2) is 6.61 Å². The lowest BCUT2D eigenvalue weighted by atomic mass is 10.1. The molecule has 0 spiro atoms. The van der Waals surface area contributed by atoms with Crippen molar-refractivity contribution in [2.45, 2.75) is 4.90 Å². The van der Waals surface area contributed by atoms with Crippen LogP contribution in [0.1, 0.15) is 10.4 Å². The van der Waals surface area contributed by atoms with Crippen LogP contribution in [0, 0.1) is 0 Å². The third kappa shape index (κ3) is 3.41. The largest absolute Gasteiger partial charge is 0.482 e. The third-order valence-electron chi connectivity index (χ3n) is 3.23.